The highest BCUT2D eigenvalue weighted by molar-refractivity contribution is 6.34. The van der Waals surface area contributed by atoms with Gasteiger partial charge < -0.3 is 59.2 Å². The Kier molecular flexibility index (Phi) is 174. The van der Waals surface area contributed by atoms with Gasteiger partial charge in [-0.15, -0.1) is 0 Å². The first-order valence-electron chi connectivity index (χ1n) is 52.2. The zero-order chi connectivity index (χ0) is 101. The maximum atomic E-state index is 10.8. The lowest BCUT2D eigenvalue weighted by atomic mass is 9.77. The molecular formula is C106H222B5N4O14. The number of allylic oxidation sites excluding steroid dienone is 5. The van der Waals surface area contributed by atoms with Gasteiger partial charge in [-0.1, -0.05) is 284 Å². The summed E-state index contributed by atoms with van der Waals surface area (Å²) < 4.78 is 42.1. The van der Waals surface area contributed by atoms with Gasteiger partial charge >= 0.3 is 11.9 Å². The maximum Gasteiger partial charge on any atom is 0.305 e. The van der Waals surface area contributed by atoms with Gasteiger partial charge in [0.2, 0.25) is 23.6 Å². The molecule has 129 heavy (non-hydrogen) atoms. The van der Waals surface area contributed by atoms with Crippen LogP contribution in [0.15, 0.2) is 47.6 Å². The van der Waals surface area contributed by atoms with E-state index in [1.54, 1.807) is 32.6 Å². The third kappa shape index (κ3) is 177. The lowest BCUT2D eigenvalue weighted by Gasteiger charge is -2.21. The van der Waals surface area contributed by atoms with Crippen LogP contribution in [0.3, 0.4) is 0 Å². The Morgan fingerprint density at radius 2 is 0.744 bits per heavy atom. The summed E-state index contributed by atoms with van der Waals surface area (Å²) in [6, 6.07) is 0. The molecule has 4 N–H and O–H groups in total. The van der Waals surface area contributed by atoms with Crippen molar-refractivity contribution in [3.63, 3.8) is 0 Å². The van der Waals surface area contributed by atoms with E-state index in [4.69, 9.17) is 37.9 Å². The summed E-state index contributed by atoms with van der Waals surface area (Å²) in [7, 11) is 10.9. The van der Waals surface area contributed by atoms with Gasteiger partial charge in [0.05, 0.1) is 39.6 Å². The van der Waals surface area contributed by atoms with Crippen molar-refractivity contribution in [3.05, 3.63) is 47.6 Å². The SMILES string of the molecule is C/C=C/C.CC.CC1CC2CCC1C2.CC=C(C)C.CCCC(=O)NCC.CCCCNC(=O)CC.CCCCNC(=O)CCC.CCCCOC(=O)CC.CCCCOC(=O)CCC.CCCCOCC(C)(C)CC.CCNC(=O)CC.C[B]CCCOC/C=C(/C)COCCC[B]C.C[B]CCCOC/C=C/C.C[B]CCCOCCC.C[B]CCCOCCCC. The molecule has 3 atom stereocenters. The molecule has 4 amide bonds. The molecule has 2 saturated carbocycles. The van der Waals surface area contributed by atoms with Crippen LogP contribution in [-0.4, -0.2) is 191 Å². The minimum absolute atomic E-state index is 0.0593. The normalized spacial score (nSPS) is 12.4. The second kappa shape index (κ2) is 147. The van der Waals surface area contributed by atoms with Crippen molar-refractivity contribution in [1.29, 1.82) is 0 Å². The molecular weight excluding hydrogens is 1610 g/mol. The van der Waals surface area contributed by atoms with Crippen molar-refractivity contribution in [1.82, 2.24) is 21.3 Å². The van der Waals surface area contributed by atoms with E-state index >= 15 is 0 Å². The number of ether oxygens (including phenoxy) is 8. The van der Waals surface area contributed by atoms with Crippen LogP contribution in [-0.2, 0) is 66.7 Å². The average Bonchev–Trinajstić information content (AvgIpc) is 1.69. The fourth-order valence-electron chi connectivity index (χ4n) is 9.75. The predicted octanol–water partition coefficient (Wildman–Crippen LogP) is 28.2. The second-order valence-electron chi connectivity index (χ2n) is 32.5. The Labute approximate surface area is 809 Å². The van der Waals surface area contributed by atoms with Crippen LogP contribution < -0.4 is 21.3 Å². The highest BCUT2D eigenvalue weighted by atomic mass is 16.5. The molecule has 0 spiro atoms. The number of rotatable bonds is 60. The van der Waals surface area contributed by atoms with E-state index in [1.165, 1.54) is 68.7 Å². The summed E-state index contributed by atoms with van der Waals surface area (Å²) in [6.45, 7) is 82.7. The van der Waals surface area contributed by atoms with Gasteiger partial charge in [0.25, 0.3) is 0 Å². The summed E-state index contributed by atoms with van der Waals surface area (Å²) in [5, 5.41) is 11.0. The Bertz CT molecular complexity index is 2140. The molecule has 765 valence electrons. The van der Waals surface area contributed by atoms with Gasteiger partial charge in [0, 0.05) is 118 Å². The van der Waals surface area contributed by atoms with E-state index in [1.807, 2.05) is 114 Å². The van der Waals surface area contributed by atoms with Crippen molar-refractivity contribution in [2.45, 2.75) is 465 Å². The number of unbranched alkanes of at least 4 members (excludes halogenated alkanes) is 6. The number of carbonyl (C=O) groups is 6. The summed E-state index contributed by atoms with van der Waals surface area (Å²) >= 11 is 0. The molecule has 2 rings (SSSR count). The zero-order valence-corrected chi connectivity index (χ0v) is 92.2. The molecule has 0 aliphatic heterocycles. The standard InChI is InChI=1S/C13H26B2O2.C10H22O.C8H18BO.C8H16BO.C8H17NO.C8H16O2.C8H14.C7H16BO.C7H15NO.C7H14O2.C6H13NO.C5H11NO.C5H10.C4H8.C2H6/c1-13(12-17-10-5-8-15-3)6-11-16-9-4-7-14-2;1-5-7-8-11-9-10(3,4)6-2;2*1-3-4-7-10-8-5-6-9-2;1-3-5-7-9-8(10)6-4-2;1-3-5-7-10-8(9)6-4-2;1-6-4-7-2-3-8(6)5-7;1-3-6-9-7-4-5-8-2;1-3-5-6-8-7(9)4-2;1-3-5-6-9-7(8)4-2;1-3-5-6(8)7-4-2;1-3-5(7)6-4-2;1-4-5(2)3;1-3-4-2;1-2/h6H,4-5,7-12H2,1-3H3;5-9H2,1-4H3;3-8H2,1-2H3;3-4H,5-8H2,1-2H3;3-7H2,1-2H3,(H,9,10);3-7H2,1-2H3;6-8H,2-5H2,1H3;3-7H2,1-2H3;3-6H2,1-2H3,(H,8,9);3-6H2,1-2H3;3-5H2,1-2H3,(H,7,8);3-4H2,1-2H3,(H,6,7);4H,1-3H3;3-4H,1-2H3;1-2H3/b13-6-;;;4-3+;;;;;;;;;;4-3+;. The fourth-order valence-corrected chi connectivity index (χ4v) is 9.75. The van der Waals surface area contributed by atoms with Crippen LogP contribution in [0, 0.1) is 23.2 Å². The molecule has 3 unspecified atom stereocenters. The molecule has 2 bridgehead atoms. The van der Waals surface area contributed by atoms with Crippen molar-refractivity contribution in [2.24, 2.45) is 23.2 Å². The first-order chi connectivity index (χ1) is 62.1. The third-order valence-electron chi connectivity index (χ3n) is 18.6. The third-order valence-corrected chi connectivity index (χ3v) is 18.6. The Hall–Kier alpha value is -4.14. The van der Waals surface area contributed by atoms with Gasteiger partial charge in [-0.3, -0.25) is 28.8 Å². The van der Waals surface area contributed by atoms with E-state index in [9.17, 15) is 28.8 Å². The second-order valence-corrected chi connectivity index (χ2v) is 32.5. The van der Waals surface area contributed by atoms with Crippen LogP contribution in [0.25, 0.3) is 0 Å². The van der Waals surface area contributed by atoms with Gasteiger partial charge in [-0.25, -0.2) is 0 Å². The molecule has 2 aliphatic carbocycles. The van der Waals surface area contributed by atoms with Gasteiger partial charge in [-0.2, -0.15) is 0 Å². The van der Waals surface area contributed by atoms with Gasteiger partial charge in [0.15, 0.2) is 0 Å². The fraction of sp³-hybridized carbons (Fsp3) is 0.868. The van der Waals surface area contributed by atoms with Gasteiger partial charge in [0.1, 0.15) is 36.4 Å². The smallest absolute Gasteiger partial charge is 0.305 e. The molecule has 5 radical (unpaired) electrons. The van der Waals surface area contributed by atoms with E-state index < -0.39 is 0 Å². The largest absolute Gasteiger partial charge is 0.466 e. The molecule has 0 aromatic carbocycles. The number of esters is 2. The van der Waals surface area contributed by atoms with Crippen LogP contribution in [0.1, 0.15) is 399 Å². The molecule has 0 aromatic rings. The molecule has 0 heterocycles. The number of hydrogen-bond donors (Lipinski definition) is 4. The number of nitrogens with one attached hydrogen (secondary N) is 4. The van der Waals surface area contributed by atoms with Crippen molar-refractivity contribution in [3.8, 4) is 0 Å². The van der Waals surface area contributed by atoms with Gasteiger partial charge in [-0.05, 0) is 213 Å². The summed E-state index contributed by atoms with van der Waals surface area (Å²) in [5.41, 5.74) is 3.01. The summed E-state index contributed by atoms with van der Waals surface area (Å²) in [4.78, 5) is 63.4. The van der Waals surface area contributed by atoms with Crippen molar-refractivity contribution in [2.75, 3.05) is 119 Å². The molecule has 18 nitrogen and oxygen atoms in total. The van der Waals surface area contributed by atoms with Crippen LogP contribution in [0.5, 0.6) is 0 Å². The minimum atomic E-state index is -0.0940. The predicted molar refractivity (Wildman–Crippen MR) is 575 cm³/mol. The maximum absolute atomic E-state index is 10.8. The van der Waals surface area contributed by atoms with Crippen LogP contribution in [0.2, 0.25) is 65.7 Å². The lowest BCUT2D eigenvalue weighted by Crippen LogP contribution is -2.23. The number of amides is 4. The molecule has 0 saturated heterocycles. The molecule has 2 aliphatic rings. The Morgan fingerprint density at radius 1 is 0.380 bits per heavy atom. The molecule has 23 heteroatoms. The first kappa shape index (κ1) is 153. The monoisotopic (exact) mass is 1830 g/mol. The van der Waals surface area contributed by atoms with Crippen LogP contribution in [0.4, 0.5) is 0 Å². The number of hydrogen-bond acceptors (Lipinski definition) is 14. The highest BCUT2D eigenvalue weighted by Gasteiger charge is 2.36. The quantitative estimate of drug-likeness (QED) is 0.0192. The highest BCUT2D eigenvalue weighted by Crippen LogP contribution is 2.47. The summed E-state index contributed by atoms with van der Waals surface area (Å²) in [6.07, 6.45) is 52.1. The van der Waals surface area contributed by atoms with E-state index in [0.29, 0.717) is 63.8 Å². The first-order valence-corrected chi connectivity index (χ1v) is 52.2. The Morgan fingerprint density at radius 3 is 1.07 bits per heavy atom. The minimum Gasteiger partial charge on any atom is -0.466 e. The topological polar surface area (TPSA) is 224 Å². The molecule has 0 aromatic heterocycles. The Balaban J connectivity index is -0.000000103. The van der Waals surface area contributed by atoms with Crippen molar-refractivity contribution < 1.29 is 66.7 Å². The lowest BCUT2D eigenvalue weighted by molar-refractivity contribution is -0.144. The number of fused-ring (bicyclic) bond motifs is 2. The number of carbonyl (C=O) groups excluding carboxylic acids is 6. The van der Waals surface area contributed by atoms with E-state index in [-0.39, 0.29) is 35.6 Å². The average molecular weight is 1830 g/mol. The molecule has 2 fully saturated rings. The van der Waals surface area contributed by atoms with Crippen LogP contribution >= 0.6 is 0 Å². The van der Waals surface area contributed by atoms with Crippen molar-refractivity contribution >= 4 is 72.0 Å². The van der Waals surface area contributed by atoms with E-state index in [0.717, 1.165) is 232 Å². The summed E-state index contributed by atoms with van der Waals surface area (Å²) in [5.74, 6) is 3.85. The zero-order valence-electron chi connectivity index (χ0n) is 92.2. The van der Waals surface area contributed by atoms with E-state index in [2.05, 4.69) is 201 Å².